The summed E-state index contributed by atoms with van der Waals surface area (Å²) in [6.45, 7) is 4.27. The molecule has 0 saturated carbocycles. The Kier molecular flexibility index (Phi) is 4.03. The van der Waals surface area contributed by atoms with Crippen LogP contribution in [0.4, 0.5) is 5.82 Å². The molecular formula is C15H20N2O. The molecular weight excluding hydrogens is 224 g/mol. The largest absolute Gasteiger partial charge is 0.381 e. The number of nitrogen functional groups attached to an aromatic ring is 1. The van der Waals surface area contributed by atoms with E-state index in [9.17, 15) is 0 Å². The van der Waals surface area contributed by atoms with E-state index < -0.39 is 0 Å². The first-order valence-electron chi connectivity index (χ1n) is 6.49. The van der Waals surface area contributed by atoms with Crippen molar-refractivity contribution < 1.29 is 4.52 Å². The van der Waals surface area contributed by atoms with E-state index in [4.69, 9.17) is 10.3 Å². The molecule has 0 atom stereocenters. The quantitative estimate of drug-likeness (QED) is 0.878. The Morgan fingerprint density at radius 3 is 2.67 bits per heavy atom. The van der Waals surface area contributed by atoms with Crippen molar-refractivity contribution in [3.8, 4) is 0 Å². The summed E-state index contributed by atoms with van der Waals surface area (Å²) in [5, 5.41) is 3.87. The highest BCUT2D eigenvalue weighted by molar-refractivity contribution is 5.41. The zero-order valence-corrected chi connectivity index (χ0v) is 11.1. The minimum absolute atomic E-state index is 0.552. The van der Waals surface area contributed by atoms with Crippen molar-refractivity contribution in [3.63, 3.8) is 0 Å². The molecule has 1 aromatic carbocycles. The highest BCUT2D eigenvalue weighted by Gasteiger charge is 2.12. The Balaban J connectivity index is 2.09. The average Bonchev–Trinajstić information content (AvgIpc) is 2.71. The van der Waals surface area contributed by atoms with Crippen molar-refractivity contribution >= 4 is 5.82 Å². The van der Waals surface area contributed by atoms with E-state index in [1.54, 1.807) is 0 Å². The van der Waals surface area contributed by atoms with Crippen LogP contribution < -0.4 is 5.73 Å². The molecule has 0 radical (unpaired) electrons. The third-order valence-corrected chi connectivity index (χ3v) is 3.28. The first-order valence-corrected chi connectivity index (χ1v) is 6.49. The van der Waals surface area contributed by atoms with Gasteiger partial charge in [0.15, 0.2) is 5.82 Å². The minimum atomic E-state index is 0.552. The molecule has 0 amide bonds. The molecule has 0 fully saturated rings. The van der Waals surface area contributed by atoms with E-state index >= 15 is 0 Å². The average molecular weight is 244 g/mol. The lowest BCUT2D eigenvalue weighted by molar-refractivity contribution is 0.384. The second-order valence-electron chi connectivity index (χ2n) is 4.65. The number of aromatic nitrogens is 1. The third-order valence-electron chi connectivity index (χ3n) is 3.28. The Bertz CT molecular complexity index is 517. The van der Waals surface area contributed by atoms with Crippen LogP contribution in [0.25, 0.3) is 0 Å². The number of hydrogen-bond acceptors (Lipinski definition) is 3. The van der Waals surface area contributed by atoms with Gasteiger partial charge in [-0.25, -0.2) is 0 Å². The van der Waals surface area contributed by atoms with E-state index in [0.29, 0.717) is 5.82 Å². The lowest BCUT2D eigenvalue weighted by Crippen LogP contribution is -1.98. The number of hydrogen-bond donors (Lipinski definition) is 1. The topological polar surface area (TPSA) is 52.0 Å². The molecule has 3 nitrogen and oxygen atoms in total. The number of nitrogens with zero attached hydrogens (tertiary/aromatic N) is 1. The molecule has 0 spiro atoms. The number of benzene rings is 1. The highest BCUT2D eigenvalue weighted by Crippen LogP contribution is 2.20. The first-order chi connectivity index (χ1) is 8.72. The van der Waals surface area contributed by atoms with Crippen molar-refractivity contribution in [2.24, 2.45) is 0 Å². The van der Waals surface area contributed by atoms with Crippen molar-refractivity contribution in [3.05, 3.63) is 46.7 Å². The Morgan fingerprint density at radius 2 is 1.94 bits per heavy atom. The summed E-state index contributed by atoms with van der Waals surface area (Å²) >= 11 is 0. The second kappa shape index (κ2) is 5.71. The van der Waals surface area contributed by atoms with Crippen LogP contribution in [-0.4, -0.2) is 5.16 Å². The molecule has 0 aliphatic heterocycles. The predicted molar refractivity (Wildman–Crippen MR) is 73.5 cm³/mol. The van der Waals surface area contributed by atoms with Gasteiger partial charge in [-0.1, -0.05) is 42.8 Å². The monoisotopic (exact) mass is 244 g/mol. The van der Waals surface area contributed by atoms with E-state index in [2.05, 4.69) is 43.3 Å². The normalized spacial score (nSPS) is 10.8. The molecule has 0 aliphatic rings. The minimum Gasteiger partial charge on any atom is -0.381 e. The van der Waals surface area contributed by atoms with Gasteiger partial charge in [-0.3, -0.25) is 0 Å². The van der Waals surface area contributed by atoms with Crippen LogP contribution >= 0.6 is 0 Å². The van der Waals surface area contributed by atoms with Gasteiger partial charge >= 0.3 is 0 Å². The lowest BCUT2D eigenvalue weighted by Gasteiger charge is -2.04. The molecule has 1 aromatic heterocycles. The maximum atomic E-state index is 5.82. The fraction of sp³-hybridized carbons (Fsp3) is 0.400. The molecule has 2 rings (SSSR count). The van der Waals surface area contributed by atoms with Gasteiger partial charge in [-0.2, -0.15) is 0 Å². The van der Waals surface area contributed by atoms with Crippen LogP contribution in [-0.2, 0) is 19.3 Å². The number of anilines is 1. The zero-order chi connectivity index (χ0) is 13.0. The van der Waals surface area contributed by atoms with Crippen molar-refractivity contribution in [1.29, 1.82) is 0 Å². The maximum Gasteiger partial charge on any atom is 0.170 e. The lowest BCUT2D eigenvalue weighted by atomic mass is 10.0. The van der Waals surface area contributed by atoms with Crippen molar-refractivity contribution in [2.45, 2.75) is 39.5 Å². The van der Waals surface area contributed by atoms with Gasteiger partial charge in [0.05, 0.1) is 0 Å². The van der Waals surface area contributed by atoms with Gasteiger partial charge < -0.3 is 10.3 Å². The van der Waals surface area contributed by atoms with Crippen LogP contribution in [0.3, 0.4) is 0 Å². The zero-order valence-electron chi connectivity index (χ0n) is 11.1. The van der Waals surface area contributed by atoms with E-state index in [-0.39, 0.29) is 0 Å². The fourth-order valence-corrected chi connectivity index (χ4v) is 2.21. The highest BCUT2D eigenvalue weighted by atomic mass is 16.5. The summed E-state index contributed by atoms with van der Waals surface area (Å²) in [6, 6.07) is 8.43. The Morgan fingerprint density at radius 1 is 1.17 bits per heavy atom. The molecule has 0 bridgehead atoms. The molecule has 0 saturated heterocycles. The summed E-state index contributed by atoms with van der Waals surface area (Å²) in [5.41, 5.74) is 9.59. The van der Waals surface area contributed by atoms with Crippen LogP contribution in [0, 0.1) is 6.92 Å². The molecule has 3 heteroatoms. The fourth-order valence-electron chi connectivity index (χ4n) is 2.21. The third kappa shape index (κ3) is 2.73. The number of rotatable bonds is 5. The van der Waals surface area contributed by atoms with Crippen LogP contribution in [0.5, 0.6) is 0 Å². The summed E-state index contributed by atoms with van der Waals surface area (Å²) < 4.78 is 5.33. The second-order valence-corrected chi connectivity index (χ2v) is 4.65. The van der Waals surface area contributed by atoms with E-state index in [1.165, 1.54) is 11.1 Å². The van der Waals surface area contributed by atoms with Crippen LogP contribution in [0.15, 0.2) is 28.8 Å². The van der Waals surface area contributed by atoms with Gasteiger partial charge in [0.1, 0.15) is 5.76 Å². The van der Waals surface area contributed by atoms with Crippen molar-refractivity contribution in [2.75, 3.05) is 5.73 Å². The summed E-state index contributed by atoms with van der Waals surface area (Å²) in [7, 11) is 0. The van der Waals surface area contributed by atoms with E-state index in [0.717, 1.165) is 37.0 Å². The SMILES string of the molecule is CCCc1c(N)noc1CCc1ccccc1C. The maximum absolute atomic E-state index is 5.82. The van der Waals surface area contributed by atoms with E-state index in [1.807, 2.05) is 0 Å². The van der Waals surface area contributed by atoms with Gasteiger partial charge in [0, 0.05) is 12.0 Å². The first kappa shape index (κ1) is 12.7. The van der Waals surface area contributed by atoms with Gasteiger partial charge in [0.2, 0.25) is 0 Å². The molecule has 2 N–H and O–H groups in total. The molecule has 0 unspecified atom stereocenters. The molecule has 1 heterocycles. The molecule has 18 heavy (non-hydrogen) atoms. The molecule has 0 aliphatic carbocycles. The predicted octanol–water partition coefficient (Wildman–Crippen LogP) is 3.30. The summed E-state index contributed by atoms with van der Waals surface area (Å²) in [6.07, 6.45) is 3.84. The summed E-state index contributed by atoms with van der Waals surface area (Å²) in [4.78, 5) is 0. The van der Waals surface area contributed by atoms with Gasteiger partial charge in [0.25, 0.3) is 0 Å². The van der Waals surface area contributed by atoms with Crippen molar-refractivity contribution in [1.82, 2.24) is 5.16 Å². The van der Waals surface area contributed by atoms with Gasteiger partial charge in [-0.05, 0) is 30.9 Å². The molecule has 96 valence electrons. The Labute approximate surface area is 108 Å². The summed E-state index contributed by atoms with van der Waals surface area (Å²) in [5.74, 6) is 1.49. The smallest absolute Gasteiger partial charge is 0.170 e. The number of aryl methyl sites for hydroxylation is 3. The molecule has 2 aromatic rings. The van der Waals surface area contributed by atoms with Gasteiger partial charge in [-0.15, -0.1) is 0 Å². The Hall–Kier alpha value is -1.77. The van der Waals surface area contributed by atoms with Crippen LogP contribution in [0.2, 0.25) is 0 Å². The number of nitrogens with two attached hydrogens (primary N) is 1. The standard InChI is InChI=1S/C15H20N2O/c1-3-6-13-14(18-17-15(13)16)10-9-12-8-5-4-7-11(12)2/h4-5,7-8H,3,6,9-10H2,1-2H3,(H2,16,17). The van der Waals surface area contributed by atoms with Crippen LogP contribution in [0.1, 0.15) is 35.8 Å².